The van der Waals surface area contributed by atoms with Gasteiger partial charge in [0.2, 0.25) is 5.91 Å². The number of halogens is 1. The van der Waals surface area contributed by atoms with Gasteiger partial charge < -0.3 is 16.0 Å². The van der Waals surface area contributed by atoms with Crippen molar-refractivity contribution in [2.75, 3.05) is 33.7 Å². The third-order valence-corrected chi connectivity index (χ3v) is 3.98. The highest BCUT2D eigenvalue weighted by Gasteiger charge is 2.26. The molecular formula is C17H38IN5O. The second-order valence-electron chi connectivity index (χ2n) is 7.09. The van der Waals surface area contributed by atoms with E-state index < -0.39 is 5.41 Å². The monoisotopic (exact) mass is 455 g/mol. The van der Waals surface area contributed by atoms with Gasteiger partial charge >= 0.3 is 0 Å². The van der Waals surface area contributed by atoms with Gasteiger partial charge in [-0.25, -0.2) is 0 Å². The molecule has 0 saturated carbocycles. The Bertz CT molecular complexity index is 375. The molecule has 0 aliphatic carbocycles. The summed E-state index contributed by atoms with van der Waals surface area (Å²) in [6.07, 6.45) is 1.05. The summed E-state index contributed by atoms with van der Waals surface area (Å²) in [6, 6.07) is 1.11. The Labute approximate surface area is 165 Å². The Morgan fingerprint density at radius 1 is 1.12 bits per heavy atom. The molecule has 144 valence electrons. The number of guanidine groups is 1. The van der Waals surface area contributed by atoms with E-state index in [1.54, 1.807) is 14.1 Å². The summed E-state index contributed by atoms with van der Waals surface area (Å²) in [5, 5.41) is 9.22. The van der Waals surface area contributed by atoms with Gasteiger partial charge in [0.15, 0.2) is 5.96 Å². The van der Waals surface area contributed by atoms with Crippen molar-refractivity contribution in [1.82, 2.24) is 20.9 Å². The first-order valence-corrected chi connectivity index (χ1v) is 8.58. The van der Waals surface area contributed by atoms with E-state index in [2.05, 4.69) is 53.5 Å². The minimum absolute atomic E-state index is 0. The highest BCUT2D eigenvalue weighted by atomic mass is 127. The Morgan fingerprint density at radius 2 is 1.67 bits per heavy atom. The van der Waals surface area contributed by atoms with E-state index in [1.807, 2.05) is 13.8 Å². The fourth-order valence-corrected chi connectivity index (χ4v) is 2.53. The second-order valence-corrected chi connectivity index (χ2v) is 7.09. The summed E-state index contributed by atoms with van der Waals surface area (Å²) in [4.78, 5) is 18.5. The standard InChI is InChI=1S/C17H37N5O.HI/c1-13(2)22(14(3)4)11-9-10-20-16(19-8)21-12-17(5,6)15(23)18-7;/h13-14H,9-12H2,1-8H3,(H,18,23)(H2,19,20,21);1H. The van der Waals surface area contributed by atoms with E-state index in [0.717, 1.165) is 25.5 Å². The van der Waals surface area contributed by atoms with Crippen LogP contribution >= 0.6 is 24.0 Å². The van der Waals surface area contributed by atoms with E-state index in [0.29, 0.717) is 18.6 Å². The maximum atomic E-state index is 11.8. The number of amides is 1. The topological polar surface area (TPSA) is 68.8 Å². The van der Waals surface area contributed by atoms with Gasteiger partial charge in [-0.2, -0.15) is 0 Å². The van der Waals surface area contributed by atoms with Crippen molar-refractivity contribution in [1.29, 1.82) is 0 Å². The number of aliphatic imine (C=N–C) groups is 1. The molecule has 3 N–H and O–H groups in total. The lowest BCUT2D eigenvalue weighted by molar-refractivity contribution is -0.128. The van der Waals surface area contributed by atoms with Crippen LogP contribution in [-0.4, -0.2) is 62.6 Å². The molecule has 6 nitrogen and oxygen atoms in total. The van der Waals surface area contributed by atoms with Crippen molar-refractivity contribution in [3.8, 4) is 0 Å². The van der Waals surface area contributed by atoms with Crippen LogP contribution in [0.3, 0.4) is 0 Å². The molecule has 0 fully saturated rings. The van der Waals surface area contributed by atoms with Gasteiger partial charge in [0.05, 0.1) is 5.41 Å². The minimum Gasteiger partial charge on any atom is -0.359 e. The van der Waals surface area contributed by atoms with Crippen molar-refractivity contribution < 1.29 is 4.79 Å². The van der Waals surface area contributed by atoms with E-state index >= 15 is 0 Å². The van der Waals surface area contributed by atoms with Crippen molar-refractivity contribution in [2.45, 2.75) is 60.0 Å². The van der Waals surface area contributed by atoms with Crippen LogP contribution in [0.2, 0.25) is 0 Å². The van der Waals surface area contributed by atoms with E-state index in [4.69, 9.17) is 0 Å². The average molecular weight is 455 g/mol. The van der Waals surface area contributed by atoms with Gasteiger partial charge in [0.25, 0.3) is 0 Å². The predicted molar refractivity (Wildman–Crippen MR) is 114 cm³/mol. The molecule has 0 aliphatic rings. The molecule has 0 aromatic rings. The third kappa shape index (κ3) is 9.66. The summed E-state index contributed by atoms with van der Waals surface area (Å²) in [5.41, 5.74) is -0.474. The molecule has 0 aromatic carbocycles. The molecule has 0 heterocycles. The van der Waals surface area contributed by atoms with E-state index in [9.17, 15) is 4.79 Å². The van der Waals surface area contributed by atoms with Crippen molar-refractivity contribution in [2.24, 2.45) is 10.4 Å². The fourth-order valence-electron chi connectivity index (χ4n) is 2.53. The number of rotatable bonds is 9. The summed E-state index contributed by atoms with van der Waals surface area (Å²) in [6.45, 7) is 15.2. The molecule has 0 aliphatic heterocycles. The first-order valence-electron chi connectivity index (χ1n) is 8.58. The van der Waals surface area contributed by atoms with Crippen LogP contribution < -0.4 is 16.0 Å². The molecular weight excluding hydrogens is 417 g/mol. The Morgan fingerprint density at radius 3 is 2.08 bits per heavy atom. The van der Waals surface area contributed by atoms with Crippen molar-refractivity contribution in [3.63, 3.8) is 0 Å². The molecule has 0 bridgehead atoms. The number of nitrogens with zero attached hydrogens (tertiary/aromatic N) is 2. The first-order chi connectivity index (χ1) is 10.7. The van der Waals surface area contributed by atoms with Crippen LogP contribution in [0.15, 0.2) is 4.99 Å². The molecule has 0 atom stereocenters. The molecule has 0 spiro atoms. The highest BCUT2D eigenvalue weighted by molar-refractivity contribution is 14.0. The van der Waals surface area contributed by atoms with E-state index in [-0.39, 0.29) is 29.9 Å². The zero-order valence-electron chi connectivity index (χ0n) is 16.7. The zero-order valence-corrected chi connectivity index (χ0v) is 19.0. The van der Waals surface area contributed by atoms with Gasteiger partial charge in [-0.05, 0) is 48.0 Å². The summed E-state index contributed by atoms with van der Waals surface area (Å²) in [5.74, 6) is 0.757. The molecule has 0 unspecified atom stereocenters. The molecule has 0 saturated heterocycles. The molecule has 7 heteroatoms. The van der Waals surface area contributed by atoms with Gasteiger partial charge in [-0.3, -0.25) is 14.7 Å². The van der Waals surface area contributed by atoms with Crippen LogP contribution in [0, 0.1) is 5.41 Å². The number of hydrogen-bond donors (Lipinski definition) is 3. The lowest BCUT2D eigenvalue weighted by Crippen LogP contribution is -2.47. The highest BCUT2D eigenvalue weighted by Crippen LogP contribution is 2.12. The SMILES string of the molecule is CN=C(NCCCN(C(C)C)C(C)C)NCC(C)(C)C(=O)NC.I. The summed E-state index contributed by atoms with van der Waals surface area (Å²) < 4.78 is 0. The van der Waals surface area contributed by atoms with Gasteiger partial charge in [0, 0.05) is 45.8 Å². The Balaban J connectivity index is 0. The number of carbonyl (C=O) groups excluding carboxylic acids is 1. The lowest BCUT2D eigenvalue weighted by Gasteiger charge is -2.30. The lowest BCUT2D eigenvalue weighted by atomic mass is 9.92. The first kappa shape index (κ1) is 25.7. The normalized spacial score (nSPS) is 12.4. The largest absolute Gasteiger partial charge is 0.359 e. The molecule has 24 heavy (non-hydrogen) atoms. The number of nitrogens with one attached hydrogen (secondary N) is 3. The second kappa shape index (κ2) is 12.7. The molecule has 0 radical (unpaired) electrons. The van der Waals surface area contributed by atoms with Crippen LogP contribution in [-0.2, 0) is 4.79 Å². The predicted octanol–water partition coefficient (Wildman–Crippen LogP) is 2.05. The van der Waals surface area contributed by atoms with Crippen molar-refractivity contribution in [3.05, 3.63) is 0 Å². The maximum Gasteiger partial charge on any atom is 0.227 e. The summed E-state index contributed by atoms with van der Waals surface area (Å²) in [7, 11) is 3.41. The number of carbonyl (C=O) groups is 1. The van der Waals surface area contributed by atoms with Gasteiger partial charge in [-0.15, -0.1) is 24.0 Å². The maximum absolute atomic E-state index is 11.8. The Kier molecular flexibility index (Phi) is 13.6. The average Bonchev–Trinajstić information content (AvgIpc) is 2.48. The Hall–Kier alpha value is -0.570. The van der Waals surface area contributed by atoms with Gasteiger partial charge in [-0.1, -0.05) is 0 Å². The fraction of sp³-hybridized carbons (Fsp3) is 0.882. The van der Waals surface area contributed by atoms with Crippen molar-refractivity contribution >= 4 is 35.8 Å². The smallest absolute Gasteiger partial charge is 0.227 e. The molecule has 0 aromatic heterocycles. The number of hydrogen-bond acceptors (Lipinski definition) is 3. The van der Waals surface area contributed by atoms with Crippen LogP contribution in [0.4, 0.5) is 0 Å². The van der Waals surface area contributed by atoms with Crippen LogP contribution in [0.1, 0.15) is 48.0 Å². The summed E-state index contributed by atoms with van der Waals surface area (Å²) >= 11 is 0. The third-order valence-electron chi connectivity index (χ3n) is 3.98. The molecule has 0 rings (SSSR count). The van der Waals surface area contributed by atoms with E-state index in [1.165, 1.54) is 0 Å². The molecule has 1 amide bonds. The van der Waals surface area contributed by atoms with Gasteiger partial charge in [0.1, 0.15) is 0 Å². The minimum atomic E-state index is -0.474. The quantitative estimate of drug-likeness (QED) is 0.216. The zero-order chi connectivity index (χ0) is 18.0. The van der Waals surface area contributed by atoms with Crippen LogP contribution in [0.25, 0.3) is 0 Å². The van der Waals surface area contributed by atoms with Crippen LogP contribution in [0.5, 0.6) is 0 Å².